The van der Waals surface area contributed by atoms with Crippen molar-refractivity contribution in [2.24, 2.45) is 0 Å². The highest BCUT2D eigenvalue weighted by Crippen LogP contribution is 2.27. The summed E-state index contributed by atoms with van der Waals surface area (Å²) in [6, 6.07) is 18.1. The molecule has 1 N–H and O–H groups in total. The van der Waals surface area contributed by atoms with Gasteiger partial charge >= 0.3 is 0 Å². The van der Waals surface area contributed by atoms with Crippen molar-refractivity contribution in [1.82, 2.24) is 9.97 Å². The lowest BCUT2D eigenvalue weighted by Gasteiger charge is -2.14. The summed E-state index contributed by atoms with van der Waals surface area (Å²) in [7, 11) is -3.83. The van der Waals surface area contributed by atoms with E-state index < -0.39 is 10.0 Å². The molecule has 2 aromatic heterocycles. The van der Waals surface area contributed by atoms with Gasteiger partial charge in [0.15, 0.2) is 0 Å². The van der Waals surface area contributed by atoms with Crippen LogP contribution in [0.5, 0.6) is 5.88 Å². The van der Waals surface area contributed by atoms with Gasteiger partial charge in [0.25, 0.3) is 15.9 Å². The maximum Gasteiger partial charge on any atom is 0.263 e. The molecule has 0 saturated carbocycles. The Balaban J connectivity index is 1.66. The fraction of sp³-hybridized carbons (Fsp3) is 0.143. The topological polar surface area (TPSA) is 81.2 Å². The van der Waals surface area contributed by atoms with Crippen LogP contribution in [0.2, 0.25) is 0 Å². The monoisotopic (exact) mass is 425 g/mol. The number of nitrogens with zero attached hydrogens (tertiary/aromatic N) is 2. The SMILES string of the molecule is Cc1ccccc1S(=O)(=O)Nc1nc2ccccc2nc1OCCc1cccs1. The molecule has 8 heteroatoms. The highest BCUT2D eigenvalue weighted by molar-refractivity contribution is 7.92. The van der Waals surface area contributed by atoms with Crippen molar-refractivity contribution < 1.29 is 13.2 Å². The number of aryl methyl sites for hydroxylation is 1. The number of para-hydroxylation sites is 2. The molecule has 0 spiro atoms. The van der Waals surface area contributed by atoms with Crippen molar-refractivity contribution in [3.63, 3.8) is 0 Å². The lowest BCUT2D eigenvalue weighted by atomic mass is 10.2. The molecule has 0 atom stereocenters. The molecule has 6 nitrogen and oxygen atoms in total. The first-order chi connectivity index (χ1) is 14.0. The Morgan fingerprint density at radius 2 is 1.69 bits per heavy atom. The first-order valence-electron chi connectivity index (χ1n) is 9.03. The Bertz CT molecular complexity index is 1240. The van der Waals surface area contributed by atoms with Gasteiger partial charge in [0.1, 0.15) is 0 Å². The molecule has 29 heavy (non-hydrogen) atoms. The van der Waals surface area contributed by atoms with Crippen molar-refractivity contribution >= 4 is 38.2 Å². The average Bonchev–Trinajstić information content (AvgIpc) is 3.22. The lowest BCUT2D eigenvalue weighted by molar-refractivity contribution is 0.312. The number of fused-ring (bicyclic) bond motifs is 1. The number of hydrogen-bond donors (Lipinski definition) is 1. The smallest absolute Gasteiger partial charge is 0.263 e. The molecule has 2 aromatic carbocycles. The number of nitrogens with one attached hydrogen (secondary N) is 1. The van der Waals surface area contributed by atoms with Crippen LogP contribution in [-0.2, 0) is 16.4 Å². The Hall–Kier alpha value is -2.97. The number of hydrogen-bond acceptors (Lipinski definition) is 6. The van der Waals surface area contributed by atoms with Gasteiger partial charge in [-0.2, -0.15) is 0 Å². The van der Waals surface area contributed by atoms with Crippen molar-refractivity contribution in [2.45, 2.75) is 18.2 Å². The third kappa shape index (κ3) is 4.38. The summed E-state index contributed by atoms with van der Waals surface area (Å²) in [5.41, 5.74) is 1.87. The van der Waals surface area contributed by atoms with Crippen molar-refractivity contribution in [3.8, 4) is 5.88 Å². The number of aromatic nitrogens is 2. The molecule has 0 aliphatic heterocycles. The molecule has 148 valence electrons. The van der Waals surface area contributed by atoms with E-state index in [0.29, 0.717) is 29.6 Å². The van der Waals surface area contributed by atoms with Crippen LogP contribution in [0.1, 0.15) is 10.4 Å². The predicted octanol–water partition coefficient (Wildman–Crippen LogP) is 4.42. The fourth-order valence-corrected chi connectivity index (χ4v) is 4.83. The van der Waals surface area contributed by atoms with Crippen LogP contribution in [0.15, 0.2) is 70.9 Å². The molecule has 0 fully saturated rings. The maximum absolute atomic E-state index is 12.9. The minimum absolute atomic E-state index is 0.0816. The van der Waals surface area contributed by atoms with Gasteiger partial charge in [-0.3, -0.25) is 4.72 Å². The summed E-state index contributed by atoms with van der Waals surface area (Å²) in [6.45, 7) is 2.12. The normalized spacial score (nSPS) is 11.5. The molecule has 4 aromatic rings. The van der Waals surface area contributed by atoms with Crippen LogP contribution in [0.25, 0.3) is 11.0 Å². The van der Waals surface area contributed by atoms with E-state index in [4.69, 9.17) is 4.74 Å². The number of benzene rings is 2. The maximum atomic E-state index is 12.9. The number of anilines is 1. The minimum Gasteiger partial charge on any atom is -0.475 e. The van der Waals surface area contributed by atoms with Gasteiger partial charge in [0.2, 0.25) is 5.82 Å². The van der Waals surface area contributed by atoms with Gasteiger partial charge < -0.3 is 4.74 Å². The minimum atomic E-state index is -3.83. The summed E-state index contributed by atoms with van der Waals surface area (Å²) in [4.78, 5) is 10.3. The zero-order valence-electron chi connectivity index (χ0n) is 15.7. The van der Waals surface area contributed by atoms with E-state index >= 15 is 0 Å². The van der Waals surface area contributed by atoms with Crippen LogP contribution in [0, 0.1) is 6.92 Å². The number of sulfonamides is 1. The van der Waals surface area contributed by atoms with Crippen molar-refractivity contribution in [3.05, 3.63) is 76.5 Å². The molecular weight excluding hydrogens is 406 g/mol. The summed E-state index contributed by atoms with van der Waals surface area (Å²) in [6.07, 6.45) is 0.705. The zero-order valence-corrected chi connectivity index (χ0v) is 17.3. The Morgan fingerprint density at radius 1 is 0.966 bits per heavy atom. The first kappa shape index (κ1) is 19.4. The fourth-order valence-electron chi connectivity index (χ4n) is 2.89. The van der Waals surface area contributed by atoms with Gasteiger partial charge in [0.05, 0.1) is 22.5 Å². The second kappa shape index (κ2) is 8.18. The number of thiophene rings is 1. The third-order valence-electron chi connectivity index (χ3n) is 4.32. The first-order valence-corrected chi connectivity index (χ1v) is 11.4. The van der Waals surface area contributed by atoms with E-state index in [0.717, 1.165) is 0 Å². The second-order valence-electron chi connectivity index (χ2n) is 6.41. The van der Waals surface area contributed by atoms with Gasteiger partial charge in [-0.25, -0.2) is 18.4 Å². The third-order valence-corrected chi connectivity index (χ3v) is 6.76. The standard InChI is InChI=1S/C21H19N3O3S2/c1-15-7-2-5-11-19(15)29(25,26)24-20-21(27-13-12-16-8-6-14-28-16)23-18-10-4-3-9-17(18)22-20/h2-11,14H,12-13H2,1H3,(H,22,24). The molecule has 0 bridgehead atoms. The second-order valence-corrected chi connectivity index (χ2v) is 9.10. The molecule has 0 aliphatic carbocycles. The van der Waals surface area contributed by atoms with Crippen LogP contribution in [-0.4, -0.2) is 25.0 Å². The summed E-state index contributed by atoms with van der Waals surface area (Å²) < 4.78 is 34.3. The molecule has 0 aliphatic rings. The van der Waals surface area contributed by atoms with Crippen LogP contribution < -0.4 is 9.46 Å². The Morgan fingerprint density at radius 3 is 2.41 bits per heavy atom. The number of ether oxygens (including phenoxy) is 1. The molecule has 0 unspecified atom stereocenters. The summed E-state index contributed by atoms with van der Waals surface area (Å²) in [5, 5.41) is 2.01. The molecule has 0 amide bonds. The van der Waals surface area contributed by atoms with E-state index in [1.807, 2.05) is 35.7 Å². The molecule has 4 rings (SSSR count). The van der Waals surface area contributed by atoms with Gasteiger partial charge in [-0.05, 0) is 42.1 Å². The van der Waals surface area contributed by atoms with Gasteiger partial charge in [-0.15, -0.1) is 11.3 Å². The lowest BCUT2D eigenvalue weighted by Crippen LogP contribution is -2.17. The van der Waals surface area contributed by atoms with E-state index in [2.05, 4.69) is 14.7 Å². The zero-order chi connectivity index (χ0) is 20.3. The molecule has 2 heterocycles. The largest absolute Gasteiger partial charge is 0.475 e. The van der Waals surface area contributed by atoms with E-state index in [1.165, 1.54) is 4.88 Å². The van der Waals surface area contributed by atoms with Crippen LogP contribution in [0.4, 0.5) is 5.82 Å². The van der Waals surface area contributed by atoms with Gasteiger partial charge in [-0.1, -0.05) is 36.4 Å². The quantitative estimate of drug-likeness (QED) is 0.474. The molecular formula is C21H19N3O3S2. The van der Waals surface area contributed by atoms with Gasteiger partial charge in [0, 0.05) is 11.3 Å². The number of rotatable bonds is 7. The van der Waals surface area contributed by atoms with Crippen LogP contribution in [0.3, 0.4) is 0 Å². The van der Waals surface area contributed by atoms with Crippen molar-refractivity contribution in [1.29, 1.82) is 0 Å². The highest BCUT2D eigenvalue weighted by atomic mass is 32.2. The van der Waals surface area contributed by atoms with E-state index in [9.17, 15) is 8.42 Å². The Labute approximate surface area is 173 Å². The molecule has 0 saturated heterocycles. The average molecular weight is 426 g/mol. The predicted molar refractivity (Wildman–Crippen MR) is 115 cm³/mol. The van der Waals surface area contributed by atoms with Crippen molar-refractivity contribution in [2.75, 3.05) is 11.3 Å². The Kier molecular flexibility index (Phi) is 5.46. The van der Waals surface area contributed by atoms with Crippen LogP contribution >= 0.6 is 11.3 Å². The summed E-state index contributed by atoms with van der Waals surface area (Å²) >= 11 is 1.65. The summed E-state index contributed by atoms with van der Waals surface area (Å²) in [5.74, 6) is 0.246. The highest BCUT2D eigenvalue weighted by Gasteiger charge is 2.21. The van der Waals surface area contributed by atoms with E-state index in [-0.39, 0.29) is 16.6 Å². The van der Waals surface area contributed by atoms with E-state index in [1.54, 1.807) is 48.6 Å². The molecule has 0 radical (unpaired) electrons.